The second kappa shape index (κ2) is 6.80. The molecular formula is C18H17N4O3S+. The van der Waals surface area contributed by atoms with Crippen LogP contribution in [0.4, 0.5) is 4.79 Å². The minimum absolute atomic E-state index is 0.134. The standard InChI is InChI=1S/C18H17N4O3S/c1-2-9-21-17(23)12-6-3-4-7-13(12)22(18(21)24)11-15-19-16(20-25-15)14-8-5-10-26-14/h3-8,10,12H,2,9,11H2,1H3/q+1. The molecule has 0 radical (unpaired) electrons. The highest BCUT2D eigenvalue weighted by Gasteiger charge is 2.46. The van der Waals surface area contributed by atoms with Gasteiger partial charge < -0.3 is 4.52 Å². The largest absolute Gasteiger partial charge is 0.501 e. The Morgan fingerprint density at radius 3 is 3.00 bits per heavy atom. The number of urea groups is 1. The van der Waals surface area contributed by atoms with Gasteiger partial charge in [-0.25, -0.2) is 4.79 Å². The Hall–Kier alpha value is -2.87. The van der Waals surface area contributed by atoms with Crippen LogP contribution in [-0.4, -0.2) is 43.8 Å². The molecule has 26 heavy (non-hydrogen) atoms. The number of carbonyl (C=O) groups is 2. The summed E-state index contributed by atoms with van der Waals surface area (Å²) in [4.78, 5) is 32.1. The molecule has 0 saturated heterocycles. The lowest BCUT2D eigenvalue weighted by atomic mass is 9.94. The zero-order valence-electron chi connectivity index (χ0n) is 14.2. The van der Waals surface area contributed by atoms with Crippen molar-refractivity contribution in [3.63, 3.8) is 0 Å². The second-order valence-corrected chi connectivity index (χ2v) is 6.94. The summed E-state index contributed by atoms with van der Waals surface area (Å²) in [5.74, 6) is 0.195. The highest BCUT2D eigenvalue weighted by Crippen LogP contribution is 2.23. The number of thiophene rings is 1. The third kappa shape index (κ3) is 2.82. The Balaban J connectivity index is 1.69. The van der Waals surface area contributed by atoms with E-state index < -0.39 is 5.92 Å². The van der Waals surface area contributed by atoms with Crippen LogP contribution >= 0.6 is 11.3 Å². The third-order valence-corrected chi connectivity index (χ3v) is 5.12. The monoisotopic (exact) mass is 369 g/mol. The van der Waals surface area contributed by atoms with Crippen LogP contribution in [0.15, 0.2) is 46.3 Å². The first-order valence-electron chi connectivity index (χ1n) is 8.40. The normalized spacial score (nSPS) is 19.4. The lowest BCUT2D eigenvalue weighted by Gasteiger charge is -2.26. The Labute approximate surface area is 153 Å². The molecule has 3 heterocycles. The second-order valence-electron chi connectivity index (χ2n) is 5.99. The number of hydrogen-bond donors (Lipinski definition) is 0. The SMILES string of the molecule is CCCN1C(=O)C2C=CC=CC2=[N+](Cc2nc(-c3cccs3)no2)C1=O. The van der Waals surface area contributed by atoms with Crippen molar-refractivity contribution in [2.75, 3.05) is 6.54 Å². The molecular weight excluding hydrogens is 352 g/mol. The van der Waals surface area contributed by atoms with Gasteiger partial charge in [-0.05, 0) is 23.9 Å². The smallest absolute Gasteiger partial charge is 0.335 e. The average molecular weight is 369 g/mol. The van der Waals surface area contributed by atoms with Crippen LogP contribution in [0.2, 0.25) is 0 Å². The molecule has 1 atom stereocenters. The molecule has 1 unspecified atom stereocenters. The van der Waals surface area contributed by atoms with Crippen molar-refractivity contribution in [1.82, 2.24) is 15.0 Å². The molecule has 0 bridgehead atoms. The van der Waals surface area contributed by atoms with E-state index in [9.17, 15) is 9.59 Å². The van der Waals surface area contributed by atoms with Crippen molar-refractivity contribution in [3.05, 3.63) is 47.7 Å². The maximum atomic E-state index is 12.9. The van der Waals surface area contributed by atoms with Crippen LogP contribution in [0.5, 0.6) is 0 Å². The van der Waals surface area contributed by atoms with E-state index in [0.717, 1.165) is 4.88 Å². The Bertz CT molecular complexity index is 940. The lowest BCUT2D eigenvalue weighted by molar-refractivity contribution is -0.460. The molecule has 1 aliphatic heterocycles. The van der Waals surface area contributed by atoms with Gasteiger partial charge in [0.2, 0.25) is 5.82 Å². The fourth-order valence-electron chi connectivity index (χ4n) is 3.07. The summed E-state index contributed by atoms with van der Waals surface area (Å²) in [6, 6.07) is 3.48. The van der Waals surface area contributed by atoms with Gasteiger partial charge in [0.25, 0.3) is 5.89 Å². The summed E-state index contributed by atoms with van der Waals surface area (Å²) >= 11 is 1.52. The molecule has 3 amide bonds. The summed E-state index contributed by atoms with van der Waals surface area (Å²) in [5, 5.41) is 5.93. The minimum Gasteiger partial charge on any atom is -0.335 e. The van der Waals surface area contributed by atoms with E-state index in [2.05, 4.69) is 10.1 Å². The van der Waals surface area contributed by atoms with Crippen molar-refractivity contribution >= 4 is 29.0 Å². The predicted molar refractivity (Wildman–Crippen MR) is 95.8 cm³/mol. The third-order valence-electron chi connectivity index (χ3n) is 4.26. The van der Waals surface area contributed by atoms with E-state index in [1.807, 2.05) is 42.7 Å². The van der Waals surface area contributed by atoms with Gasteiger partial charge in [-0.2, -0.15) is 19.3 Å². The molecule has 4 rings (SSSR count). The van der Waals surface area contributed by atoms with E-state index >= 15 is 0 Å². The number of imide groups is 1. The zero-order chi connectivity index (χ0) is 18.1. The minimum atomic E-state index is -0.455. The number of hydrogen-bond acceptors (Lipinski definition) is 6. The van der Waals surface area contributed by atoms with Crippen LogP contribution in [0.1, 0.15) is 19.2 Å². The lowest BCUT2D eigenvalue weighted by Crippen LogP contribution is -2.54. The van der Waals surface area contributed by atoms with Crippen molar-refractivity contribution < 1.29 is 18.7 Å². The van der Waals surface area contributed by atoms with Crippen LogP contribution in [-0.2, 0) is 11.3 Å². The van der Waals surface area contributed by atoms with Gasteiger partial charge in [0.15, 0.2) is 6.54 Å². The number of rotatable bonds is 5. The van der Waals surface area contributed by atoms with E-state index in [-0.39, 0.29) is 18.5 Å². The number of nitrogens with zero attached hydrogens (tertiary/aromatic N) is 4. The summed E-state index contributed by atoms with van der Waals surface area (Å²) in [6.07, 6.45) is 7.95. The Morgan fingerprint density at radius 1 is 1.35 bits per heavy atom. The summed E-state index contributed by atoms with van der Waals surface area (Å²) < 4.78 is 6.88. The number of aromatic nitrogens is 2. The Morgan fingerprint density at radius 2 is 2.23 bits per heavy atom. The maximum absolute atomic E-state index is 12.9. The first-order valence-corrected chi connectivity index (χ1v) is 9.28. The summed E-state index contributed by atoms with van der Waals surface area (Å²) in [7, 11) is 0. The van der Waals surface area contributed by atoms with Gasteiger partial charge in [0, 0.05) is 0 Å². The van der Waals surface area contributed by atoms with E-state index in [4.69, 9.17) is 4.52 Å². The topological polar surface area (TPSA) is 79.3 Å². The van der Waals surface area contributed by atoms with Gasteiger partial charge >= 0.3 is 11.9 Å². The molecule has 8 heteroatoms. The average Bonchev–Trinajstić information content (AvgIpc) is 3.33. The first-order chi connectivity index (χ1) is 12.7. The molecule has 0 N–H and O–H groups in total. The van der Waals surface area contributed by atoms with E-state index in [1.54, 1.807) is 10.7 Å². The quantitative estimate of drug-likeness (QED) is 0.757. The van der Waals surface area contributed by atoms with Gasteiger partial charge in [-0.3, -0.25) is 0 Å². The molecule has 0 spiro atoms. The highest BCUT2D eigenvalue weighted by molar-refractivity contribution is 7.13. The fourth-order valence-corrected chi connectivity index (χ4v) is 3.71. The van der Waals surface area contributed by atoms with Gasteiger partial charge in [-0.1, -0.05) is 36.4 Å². The van der Waals surface area contributed by atoms with Crippen LogP contribution in [0.3, 0.4) is 0 Å². The highest BCUT2D eigenvalue weighted by atomic mass is 32.1. The van der Waals surface area contributed by atoms with Crippen molar-refractivity contribution in [2.45, 2.75) is 19.9 Å². The molecule has 2 aromatic rings. The van der Waals surface area contributed by atoms with Gasteiger partial charge in [0.1, 0.15) is 11.6 Å². The Kier molecular flexibility index (Phi) is 4.34. The van der Waals surface area contributed by atoms with E-state index in [0.29, 0.717) is 30.4 Å². The molecule has 7 nitrogen and oxygen atoms in total. The summed E-state index contributed by atoms with van der Waals surface area (Å²) in [5.41, 5.74) is 0.644. The number of fused-ring (bicyclic) bond motifs is 1. The number of allylic oxidation sites excluding steroid dienone is 3. The molecule has 0 fully saturated rings. The molecule has 0 aromatic carbocycles. The molecule has 132 valence electrons. The maximum Gasteiger partial charge on any atom is 0.501 e. The van der Waals surface area contributed by atoms with Crippen LogP contribution in [0, 0.1) is 5.92 Å². The van der Waals surface area contributed by atoms with Crippen LogP contribution < -0.4 is 0 Å². The van der Waals surface area contributed by atoms with Gasteiger partial charge in [0.05, 0.1) is 11.4 Å². The number of amides is 3. The van der Waals surface area contributed by atoms with Crippen molar-refractivity contribution in [2.24, 2.45) is 5.92 Å². The van der Waals surface area contributed by atoms with E-state index in [1.165, 1.54) is 16.2 Å². The molecule has 2 aliphatic rings. The molecule has 0 saturated carbocycles. The van der Waals surface area contributed by atoms with Gasteiger partial charge in [-0.15, -0.1) is 11.3 Å². The number of carbonyl (C=O) groups excluding carboxylic acids is 2. The van der Waals surface area contributed by atoms with Crippen molar-refractivity contribution in [1.29, 1.82) is 0 Å². The zero-order valence-corrected chi connectivity index (χ0v) is 15.0. The predicted octanol–water partition coefficient (Wildman–Crippen LogP) is 2.87. The fraction of sp³-hybridized carbons (Fsp3) is 0.278. The van der Waals surface area contributed by atoms with Crippen LogP contribution in [0.25, 0.3) is 10.7 Å². The first kappa shape index (κ1) is 16.6. The molecule has 1 aliphatic carbocycles. The summed E-state index contributed by atoms with van der Waals surface area (Å²) in [6.45, 7) is 2.46. The molecule has 2 aromatic heterocycles. The van der Waals surface area contributed by atoms with Crippen molar-refractivity contribution in [3.8, 4) is 10.7 Å².